The Hall–Kier alpha value is -2.74. The van der Waals surface area contributed by atoms with Gasteiger partial charge >= 0.3 is 18.1 Å². The standard InChI is InChI=1S/C16H18BrN5O3.C2HF3O2/c17-10-6-19-13-12(8-21-22(13)9-10)14(23)20-7-11-5-16(15(24)25-11)1-3-18-4-2-16;3-2(4,5)1(6)7/h6,8-9,11,18H,1-5,7H2,(H,20,23);(H,6,7). The van der Waals surface area contributed by atoms with Gasteiger partial charge in [-0.3, -0.25) is 9.59 Å². The normalized spacial score (nSPS) is 19.9. The van der Waals surface area contributed by atoms with E-state index in [1.54, 1.807) is 16.9 Å². The molecule has 1 amide bonds. The smallest absolute Gasteiger partial charge is 0.475 e. The zero-order chi connectivity index (χ0) is 23.5. The summed E-state index contributed by atoms with van der Waals surface area (Å²) >= 11 is 3.32. The van der Waals surface area contributed by atoms with E-state index in [1.807, 2.05) is 0 Å². The number of halogens is 4. The van der Waals surface area contributed by atoms with Crippen molar-refractivity contribution in [3.63, 3.8) is 0 Å². The lowest BCUT2D eigenvalue weighted by Crippen LogP contribution is -2.39. The van der Waals surface area contributed by atoms with Gasteiger partial charge in [-0.2, -0.15) is 18.3 Å². The van der Waals surface area contributed by atoms with Crippen molar-refractivity contribution in [2.75, 3.05) is 19.6 Å². The molecule has 0 aromatic carbocycles. The van der Waals surface area contributed by atoms with Gasteiger partial charge in [0.1, 0.15) is 11.7 Å². The minimum Gasteiger partial charge on any atom is -0.475 e. The molecule has 1 atom stereocenters. The Bertz CT molecular complexity index is 1020. The third-order valence-electron chi connectivity index (χ3n) is 5.19. The second kappa shape index (κ2) is 9.40. The van der Waals surface area contributed by atoms with Crippen LogP contribution in [0.15, 0.2) is 23.1 Å². The van der Waals surface area contributed by atoms with Crippen LogP contribution in [-0.2, 0) is 14.3 Å². The highest BCUT2D eigenvalue weighted by Crippen LogP contribution is 2.41. The number of amides is 1. The Kier molecular flexibility index (Phi) is 7.03. The van der Waals surface area contributed by atoms with Crippen LogP contribution in [0, 0.1) is 5.41 Å². The van der Waals surface area contributed by atoms with E-state index >= 15 is 0 Å². The number of carbonyl (C=O) groups excluding carboxylic acids is 2. The SMILES string of the molecule is O=C(NCC1CC2(CCNCC2)C(=O)O1)c1cnn2cc(Br)cnc12.O=C(O)C(F)(F)F. The molecule has 10 nitrogen and oxygen atoms in total. The molecule has 2 saturated heterocycles. The maximum Gasteiger partial charge on any atom is 0.490 e. The summed E-state index contributed by atoms with van der Waals surface area (Å²) < 4.78 is 39.6. The minimum absolute atomic E-state index is 0.129. The van der Waals surface area contributed by atoms with Crippen LogP contribution in [0.4, 0.5) is 13.2 Å². The molecule has 32 heavy (non-hydrogen) atoms. The fraction of sp³-hybridized carbons (Fsp3) is 0.500. The molecule has 4 heterocycles. The topological polar surface area (TPSA) is 135 Å². The van der Waals surface area contributed by atoms with E-state index in [-0.39, 0.29) is 23.4 Å². The zero-order valence-corrected chi connectivity index (χ0v) is 18.1. The summed E-state index contributed by atoms with van der Waals surface area (Å²) in [5.41, 5.74) is 0.506. The molecule has 2 aliphatic heterocycles. The van der Waals surface area contributed by atoms with Crippen LogP contribution in [0.3, 0.4) is 0 Å². The molecule has 3 N–H and O–H groups in total. The fourth-order valence-corrected chi connectivity index (χ4v) is 3.87. The Labute approximate surface area is 187 Å². The van der Waals surface area contributed by atoms with Gasteiger partial charge in [0.05, 0.1) is 22.6 Å². The van der Waals surface area contributed by atoms with Crippen LogP contribution in [0.25, 0.3) is 5.65 Å². The van der Waals surface area contributed by atoms with E-state index in [9.17, 15) is 22.8 Å². The summed E-state index contributed by atoms with van der Waals surface area (Å²) in [4.78, 5) is 37.8. The molecule has 14 heteroatoms. The molecule has 1 spiro atoms. The summed E-state index contributed by atoms with van der Waals surface area (Å²) in [6, 6.07) is 0. The first-order chi connectivity index (χ1) is 15.0. The number of carboxylic acid groups (broad SMARTS) is 1. The number of nitrogens with one attached hydrogen (secondary N) is 2. The number of fused-ring (bicyclic) bond motifs is 1. The number of cyclic esters (lactones) is 1. The van der Waals surface area contributed by atoms with Crippen LogP contribution >= 0.6 is 15.9 Å². The highest BCUT2D eigenvalue weighted by Gasteiger charge is 2.49. The van der Waals surface area contributed by atoms with Gasteiger partial charge < -0.3 is 20.5 Å². The maximum atomic E-state index is 12.4. The van der Waals surface area contributed by atoms with Gasteiger partial charge in [0.2, 0.25) is 0 Å². The van der Waals surface area contributed by atoms with Gasteiger partial charge in [0.15, 0.2) is 5.65 Å². The molecule has 0 radical (unpaired) electrons. The molecule has 0 bridgehead atoms. The second-order valence-electron chi connectivity index (χ2n) is 7.37. The van der Waals surface area contributed by atoms with Crippen LogP contribution in [0.1, 0.15) is 29.6 Å². The number of esters is 1. The van der Waals surface area contributed by atoms with Crippen molar-refractivity contribution in [2.45, 2.75) is 31.5 Å². The van der Waals surface area contributed by atoms with Gasteiger partial charge in [-0.15, -0.1) is 0 Å². The summed E-state index contributed by atoms with van der Waals surface area (Å²) in [5.74, 6) is -3.16. The molecule has 174 valence electrons. The highest BCUT2D eigenvalue weighted by molar-refractivity contribution is 9.10. The number of rotatable bonds is 3. The Morgan fingerprint density at radius 1 is 1.34 bits per heavy atom. The van der Waals surface area contributed by atoms with Crippen molar-refractivity contribution < 1.29 is 37.4 Å². The predicted molar refractivity (Wildman–Crippen MR) is 106 cm³/mol. The van der Waals surface area contributed by atoms with E-state index in [4.69, 9.17) is 14.6 Å². The molecular weight excluding hydrogens is 503 g/mol. The highest BCUT2D eigenvalue weighted by atomic mass is 79.9. The summed E-state index contributed by atoms with van der Waals surface area (Å²) in [6.45, 7) is 1.96. The van der Waals surface area contributed by atoms with Gasteiger partial charge in [-0.1, -0.05) is 0 Å². The third kappa shape index (κ3) is 5.35. The number of carboxylic acids is 1. The number of alkyl halides is 3. The lowest BCUT2D eigenvalue weighted by molar-refractivity contribution is -0.192. The number of aromatic nitrogens is 3. The first-order valence-corrected chi connectivity index (χ1v) is 10.3. The summed E-state index contributed by atoms with van der Waals surface area (Å²) in [7, 11) is 0. The van der Waals surface area contributed by atoms with Crippen molar-refractivity contribution in [3.8, 4) is 0 Å². The monoisotopic (exact) mass is 521 g/mol. The molecular formula is C18H19BrF3N5O5. The Morgan fingerprint density at radius 3 is 2.62 bits per heavy atom. The van der Waals surface area contributed by atoms with Crippen molar-refractivity contribution in [1.82, 2.24) is 25.2 Å². The third-order valence-corrected chi connectivity index (χ3v) is 5.60. The average molecular weight is 522 g/mol. The van der Waals surface area contributed by atoms with Crippen LogP contribution in [-0.4, -0.2) is 69.5 Å². The van der Waals surface area contributed by atoms with E-state index < -0.39 is 12.1 Å². The second-order valence-corrected chi connectivity index (χ2v) is 8.29. The number of nitrogens with zero attached hydrogens (tertiary/aromatic N) is 3. The maximum absolute atomic E-state index is 12.4. The molecule has 4 rings (SSSR count). The van der Waals surface area contributed by atoms with Gasteiger partial charge in [0.25, 0.3) is 5.91 Å². The van der Waals surface area contributed by atoms with Crippen molar-refractivity contribution in [1.29, 1.82) is 0 Å². The number of aliphatic carboxylic acids is 1. The van der Waals surface area contributed by atoms with E-state index in [2.05, 4.69) is 36.6 Å². The zero-order valence-electron chi connectivity index (χ0n) is 16.5. The molecule has 2 fully saturated rings. The van der Waals surface area contributed by atoms with Gasteiger partial charge in [0, 0.05) is 18.8 Å². The summed E-state index contributed by atoms with van der Waals surface area (Å²) in [5, 5.41) is 17.4. The molecule has 1 unspecified atom stereocenters. The van der Waals surface area contributed by atoms with Crippen molar-refractivity contribution >= 4 is 39.4 Å². The largest absolute Gasteiger partial charge is 0.490 e. The van der Waals surface area contributed by atoms with Crippen molar-refractivity contribution in [3.05, 3.63) is 28.6 Å². The molecule has 2 aromatic heterocycles. The Morgan fingerprint density at radius 2 is 2.00 bits per heavy atom. The van der Waals surface area contributed by atoms with E-state index in [0.717, 1.165) is 30.4 Å². The van der Waals surface area contributed by atoms with Crippen molar-refractivity contribution in [2.24, 2.45) is 5.41 Å². The molecule has 0 saturated carbocycles. The number of piperidine rings is 1. The minimum atomic E-state index is -5.08. The van der Waals surface area contributed by atoms with Crippen LogP contribution in [0.5, 0.6) is 0 Å². The lowest BCUT2D eigenvalue weighted by atomic mass is 9.76. The van der Waals surface area contributed by atoms with Crippen LogP contribution in [0.2, 0.25) is 0 Å². The average Bonchev–Trinajstić information content (AvgIpc) is 3.27. The predicted octanol–water partition coefficient (Wildman–Crippen LogP) is 1.54. The van der Waals surface area contributed by atoms with E-state index in [0.29, 0.717) is 24.2 Å². The molecule has 2 aliphatic rings. The lowest BCUT2D eigenvalue weighted by Gasteiger charge is -2.29. The summed E-state index contributed by atoms with van der Waals surface area (Å²) in [6.07, 6.45) is 1.73. The molecule has 0 aliphatic carbocycles. The number of hydrogen-bond acceptors (Lipinski definition) is 7. The van der Waals surface area contributed by atoms with Crippen LogP contribution < -0.4 is 10.6 Å². The van der Waals surface area contributed by atoms with Gasteiger partial charge in [-0.05, 0) is 41.9 Å². The Balaban J connectivity index is 0.000000360. The molecule has 2 aromatic rings. The van der Waals surface area contributed by atoms with E-state index in [1.165, 1.54) is 6.20 Å². The number of ether oxygens (including phenoxy) is 1. The first-order valence-electron chi connectivity index (χ1n) is 9.51. The number of hydrogen-bond donors (Lipinski definition) is 3. The quantitative estimate of drug-likeness (QED) is 0.517. The fourth-order valence-electron chi connectivity index (χ4n) is 3.58. The number of carbonyl (C=O) groups is 3. The van der Waals surface area contributed by atoms with Gasteiger partial charge in [-0.25, -0.2) is 14.3 Å². The first kappa shape index (κ1) is 23.9.